The Morgan fingerprint density at radius 1 is 1.33 bits per heavy atom. The lowest BCUT2D eigenvalue weighted by Crippen LogP contribution is -2.57. The number of carboxylic acids is 1. The first-order valence-corrected chi connectivity index (χ1v) is 6.29. The summed E-state index contributed by atoms with van der Waals surface area (Å²) in [6.07, 6.45) is 10.0. The first kappa shape index (κ1) is 14.4. The molecule has 0 aromatic heterocycles. The second kappa shape index (κ2) is 6.90. The van der Waals surface area contributed by atoms with Crippen LogP contribution in [-0.2, 0) is 4.79 Å². The van der Waals surface area contributed by atoms with Gasteiger partial charge < -0.3 is 15.7 Å². The predicted molar refractivity (Wildman–Crippen MR) is 68.1 cm³/mol. The Hall–Kier alpha value is -1.70. The highest BCUT2D eigenvalue weighted by Crippen LogP contribution is 2.34. The Kier molecular flexibility index (Phi) is 5.50. The summed E-state index contributed by atoms with van der Waals surface area (Å²) in [6, 6.07) is -0.281. The number of rotatable bonds is 7. The molecular weight excluding hydrogens is 232 g/mol. The topological polar surface area (TPSA) is 78.4 Å². The molecule has 5 nitrogen and oxygen atoms in total. The number of hydrogen-bond acceptors (Lipinski definition) is 2. The van der Waals surface area contributed by atoms with Gasteiger partial charge in [0, 0.05) is 13.0 Å². The van der Waals surface area contributed by atoms with Crippen LogP contribution < -0.4 is 10.6 Å². The summed E-state index contributed by atoms with van der Waals surface area (Å²) >= 11 is 0. The number of amides is 2. The molecule has 0 bridgehead atoms. The minimum Gasteiger partial charge on any atom is -0.481 e. The van der Waals surface area contributed by atoms with Crippen LogP contribution in [0, 0.1) is 12.3 Å². The third-order valence-electron chi connectivity index (χ3n) is 3.21. The highest BCUT2D eigenvalue weighted by atomic mass is 16.4. The average molecular weight is 252 g/mol. The summed E-state index contributed by atoms with van der Waals surface area (Å²) in [5.41, 5.74) is -0.533. The molecule has 0 aromatic carbocycles. The van der Waals surface area contributed by atoms with Crippen LogP contribution in [0.25, 0.3) is 0 Å². The number of carbonyl (C=O) groups is 2. The lowest BCUT2D eigenvalue weighted by molar-refractivity contribution is -0.139. The zero-order valence-electron chi connectivity index (χ0n) is 10.5. The Bertz CT molecular complexity index is 343. The van der Waals surface area contributed by atoms with Crippen LogP contribution in [-0.4, -0.2) is 29.2 Å². The van der Waals surface area contributed by atoms with Crippen LogP contribution in [0.5, 0.6) is 0 Å². The molecule has 100 valence electrons. The molecule has 0 spiro atoms. The molecule has 0 unspecified atom stereocenters. The van der Waals surface area contributed by atoms with Crippen LogP contribution in [0.1, 0.15) is 44.9 Å². The van der Waals surface area contributed by atoms with Crippen molar-refractivity contribution < 1.29 is 14.7 Å². The molecule has 18 heavy (non-hydrogen) atoms. The normalized spacial score (nSPS) is 16.2. The third-order valence-corrected chi connectivity index (χ3v) is 3.21. The Morgan fingerprint density at radius 3 is 2.56 bits per heavy atom. The van der Waals surface area contributed by atoms with Gasteiger partial charge in [0.15, 0.2) is 0 Å². The van der Waals surface area contributed by atoms with Crippen molar-refractivity contribution in [2.24, 2.45) is 0 Å². The fourth-order valence-electron chi connectivity index (χ4n) is 2.08. The van der Waals surface area contributed by atoms with Crippen molar-refractivity contribution in [3.05, 3.63) is 0 Å². The molecule has 5 heteroatoms. The van der Waals surface area contributed by atoms with Crippen molar-refractivity contribution in [1.82, 2.24) is 10.6 Å². The van der Waals surface area contributed by atoms with Gasteiger partial charge in [0.1, 0.15) is 0 Å². The SMILES string of the molecule is C#CCCCCNC(=O)NC1(CC(=O)O)CCC1. The number of hydrogen-bond donors (Lipinski definition) is 3. The fraction of sp³-hybridized carbons (Fsp3) is 0.692. The molecule has 1 saturated carbocycles. The molecule has 0 saturated heterocycles. The van der Waals surface area contributed by atoms with Gasteiger partial charge in [-0.15, -0.1) is 12.3 Å². The number of aliphatic carboxylic acids is 1. The molecular formula is C13H20N2O3. The minimum absolute atomic E-state index is 0.00247. The molecule has 0 aromatic rings. The summed E-state index contributed by atoms with van der Waals surface area (Å²) in [5.74, 6) is 1.67. The molecule has 0 heterocycles. The van der Waals surface area contributed by atoms with E-state index in [4.69, 9.17) is 11.5 Å². The van der Waals surface area contributed by atoms with E-state index < -0.39 is 11.5 Å². The molecule has 0 aliphatic heterocycles. The van der Waals surface area contributed by atoms with Crippen molar-refractivity contribution in [2.45, 2.75) is 50.5 Å². The first-order chi connectivity index (χ1) is 8.58. The van der Waals surface area contributed by atoms with Gasteiger partial charge in [0.25, 0.3) is 0 Å². The van der Waals surface area contributed by atoms with Gasteiger partial charge in [-0.25, -0.2) is 4.79 Å². The molecule has 2 amide bonds. The summed E-state index contributed by atoms with van der Waals surface area (Å²) in [4.78, 5) is 22.3. The molecule has 0 atom stereocenters. The molecule has 1 aliphatic rings. The molecule has 1 rings (SSSR count). The summed E-state index contributed by atoms with van der Waals surface area (Å²) < 4.78 is 0. The molecule has 1 aliphatic carbocycles. The number of urea groups is 1. The van der Waals surface area contributed by atoms with Gasteiger partial charge in [0.2, 0.25) is 0 Å². The van der Waals surface area contributed by atoms with Gasteiger partial charge in [-0.1, -0.05) is 0 Å². The number of unbranched alkanes of at least 4 members (excludes halogenated alkanes) is 2. The predicted octanol–water partition coefficient (Wildman–Crippen LogP) is 1.49. The maximum Gasteiger partial charge on any atom is 0.315 e. The van der Waals surface area contributed by atoms with E-state index in [9.17, 15) is 9.59 Å². The van der Waals surface area contributed by atoms with E-state index in [1.807, 2.05) is 0 Å². The van der Waals surface area contributed by atoms with Crippen molar-refractivity contribution in [2.75, 3.05) is 6.54 Å². The van der Waals surface area contributed by atoms with Gasteiger partial charge in [0.05, 0.1) is 12.0 Å². The summed E-state index contributed by atoms with van der Waals surface area (Å²) in [7, 11) is 0. The number of terminal acetylenes is 1. The van der Waals surface area contributed by atoms with Gasteiger partial charge in [-0.2, -0.15) is 0 Å². The molecule has 3 N–H and O–H groups in total. The van der Waals surface area contributed by atoms with Crippen LogP contribution >= 0.6 is 0 Å². The van der Waals surface area contributed by atoms with Crippen LogP contribution in [0.15, 0.2) is 0 Å². The van der Waals surface area contributed by atoms with E-state index in [2.05, 4.69) is 16.6 Å². The molecule has 1 fully saturated rings. The monoisotopic (exact) mass is 252 g/mol. The zero-order chi connectivity index (χ0) is 13.4. The van der Waals surface area contributed by atoms with E-state index in [0.717, 1.165) is 32.1 Å². The maximum absolute atomic E-state index is 11.6. The van der Waals surface area contributed by atoms with Gasteiger partial charge >= 0.3 is 12.0 Å². The quantitative estimate of drug-likeness (QED) is 0.474. The van der Waals surface area contributed by atoms with E-state index >= 15 is 0 Å². The highest BCUT2D eigenvalue weighted by Gasteiger charge is 2.40. The lowest BCUT2D eigenvalue weighted by Gasteiger charge is -2.41. The standard InChI is InChI=1S/C13H20N2O3/c1-2-3-4-5-9-14-12(18)15-13(7-6-8-13)10-11(16)17/h1H,3-10H2,(H,16,17)(H2,14,15,18). The highest BCUT2D eigenvalue weighted by molar-refractivity contribution is 5.77. The first-order valence-electron chi connectivity index (χ1n) is 6.29. The van der Waals surface area contributed by atoms with Gasteiger partial charge in [-0.3, -0.25) is 4.79 Å². The minimum atomic E-state index is -0.871. The van der Waals surface area contributed by atoms with E-state index in [1.54, 1.807) is 0 Å². The fourth-order valence-corrected chi connectivity index (χ4v) is 2.08. The lowest BCUT2D eigenvalue weighted by atomic mass is 9.74. The Morgan fingerprint density at radius 2 is 2.06 bits per heavy atom. The summed E-state index contributed by atoms with van der Waals surface area (Å²) in [5, 5.41) is 14.3. The van der Waals surface area contributed by atoms with Crippen LogP contribution in [0.4, 0.5) is 4.79 Å². The zero-order valence-corrected chi connectivity index (χ0v) is 10.5. The second-order valence-corrected chi connectivity index (χ2v) is 4.75. The average Bonchev–Trinajstić information content (AvgIpc) is 2.25. The Balaban J connectivity index is 2.22. The van der Waals surface area contributed by atoms with E-state index in [-0.39, 0.29) is 12.5 Å². The van der Waals surface area contributed by atoms with Crippen molar-refractivity contribution in [1.29, 1.82) is 0 Å². The largest absolute Gasteiger partial charge is 0.481 e. The smallest absolute Gasteiger partial charge is 0.315 e. The number of nitrogens with one attached hydrogen (secondary N) is 2. The van der Waals surface area contributed by atoms with Gasteiger partial charge in [-0.05, 0) is 32.1 Å². The Labute approximate surface area is 107 Å². The summed E-state index contributed by atoms with van der Waals surface area (Å²) in [6.45, 7) is 0.566. The third kappa shape index (κ3) is 4.66. The number of carboxylic acid groups (broad SMARTS) is 1. The van der Waals surface area contributed by atoms with Crippen molar-refractivity contribution in [3.8, 4) is 12.3 Å². The van der Waals surface area contributed by atoms with Crippen molar-refractivity contribution in [3.63, 3.8) is 0 Å². The number of carbonyl (C=O) groups excluding carboxylic acids is 1. The maximum atomic E-state index is 11.6. The van der Waals surface area contributed by atoms with Crippen LogP contribution in [0.2, 0.25) is 0 Å². The van der Waals surface area contributed by atoms with Crippen LogP contribution in [0.3, 0.4) is 0 Å². The second-order valence-electron chi connectivity index (χ2n) is 4.75. The van der Waals surface area contributed by atoms with E-state index in [0.29, 0.717) is 13.0 Å². The van der Waals surface area contributed by atoms with Crippen molar-refractivity contribution >= 4 is 12.0 Å². The van der Waals surface area contributed by atoms with E-state index in [1.165, 1.54) is 0 Å². The molecule has 0 radical (unpaired) electrons.